The monoisotopic (exact) mass is 371 g/mol. The Kier molecular flexibility index (Phi) is 4.83. The maximum absolute atomic E-state index is 12.8. The highest BCUT2D eigenvalue weighted by Crippen LogP contribution is 2.38. The molecule has 1 saturated heterocycles. The number of anilines is 1. The Morgan fingerprint density at radius 1 is 1.20 bits per heavy atom. The minimum Gasteiger partial charge on any atom is -0.504 e. The van der Waals surface area contributed by atoms with Crippen LogP contribution in [0.25, 0.3) is 6.08 Å². The molecule has 1 aliphatic rings. The van der Waals surface area contributed by atoms with Crippen LogP contribution in [-0.4, -0.2) is 22.4 Å². The number of amides is 1. The highest BCUT2D eigenvalue weighted by molar-refractivity contribution is 8.27. The van der Waals surface area contributed by atoms with E-state index >= 15 is 0 Å². The van der Waals surface area contributed by atoms with E-state index in [9.17, 15) is 9.90 Å². The quantitative estimate of drug-likeness (QED) is 0.639. The molecule has 2 aromatic rings. The van der Waals surface area contributed by atoms with E-state index in [-0.39, 0.29) is 11.7 Å². The molecule has 0 saturated carbocycles. The van der Waals surface area contributed by atoms with Gasteiger partial charge in [-0.1, -0.05) is 47.7 Å². The SMILES string of the molecule is COc1ccc(/C=C2/SC(=S)N(c3ccc(C)cc3C)C2=O)cc1O. The summed E-state index contributed by atoms with van der Waals surface area (Å²) in [5.41, 5.74) is 3.64. The van der Waals surface area contributed by atoms with Crippen LogP contribution in [0.3, 0.4) is 0 Å². The first-order chi connectivity index (χ1) is 11.9. The van der Waals surface area contributed by atoms with Crippen molar-refractivity contribution in [3.8, 4) is 11.5 Å². The molecule has 128 valence electrons. The van der Waals surface area contributed by atoms with Crippen molar-refractivity contribution in [1.29, 1.82) is 0 Å². The zero-order valence-electron chi connectivity index (χ0n) is 14.1. The molecule has 0 radical (unpaired) electrons. The molecule has 25 heavy (non-hydrogen) atoms. The van der Waals surface area contributed by atoms with E-state index in [1.807, 2.05) is 32.0 Å². The summed E-state index contributed by atoms with van der Waals surface area (Å²) in [5, 5.41) is 9.89. The summed E-state index contributed by atoms with van der Waals surface area (Å²) >= 11 is 6.66. The van der Waals surface area contributed by atoms with E-state index in [1.165, 1.54) is 18.9 Å². The summed E-state index contributed by atoms with van der Waals surface area (Å²) in [4.78, 5) is 14.9. The molecule has 1 aliphatic heterocycles. The average Bonchev–Trinajstić information content (AvgIpc) is 2.82. The molecular formula is C19H17NO3S2. The van der Waals surface area contributed by atoms with Gasteiger partial charge in [0.05, 0.1) is 17.7 Å². The molecule has 2 aromatic carbocycles. The van der Waals surface area contributed by atoms with Gasteiger partial charge in [0, 0.05) is 0 Å². The summed E-state index contributed by atoms with van der Waals surface area (Å²) < 4.78 is 5.53. The molecule has 6 heteroatoms. The lowest BCUT2D eigenvalue weighted by Gasteiger charge is -2.17. The van der Waals surface area contributed by atoms with Crippen LogP contribution in [0.2, 0.25) is 0 Å². The summed E-state index contributed by atoms with van der Waals surface area (Å²) in [6, 6.07) is 10.9. The molecule has 1 N–H and O–H groups in total. The Bertz CT molecular complexity index is 906. The maximum Gasteiger partial charge on any atom is 0.270 e. The van der Waals surface area contributed by atoms with Crippen LogP contribution in [0.4, 0.5) is 5.69 Å². The molecule has 0 aliphatic carbocycles. The molecule has 0 spiro atoms. The Labute approximate surface area is 156 Å². The van der Waals surface area contributed by atoms with Crippen LogP contribution in [0.15, 0.2) is 41.3 Å². The first-order valence-electron chi connectivity index (χ1n) is 7.63. The minimum atomic E-state index is -0.155. The van der Waals surface area contributed by atoms with Gasteiger partial charge < -0.3 is 9.84 Å². The van der Waals surface area contributed by atoms with Crippen molar-refractivity contribution in [3.63, 3.8) is 0 Å². The average molecular weight is 371 g/mol. The van der Waals surface area contributed by atoms with E-state index in [2.05, 4.69) is 0 Å². The predicted molar refractivity (Wildman–Crippen MR) is 106 cm³/mol. The van der Waals surface area contributed by atoms with Crippen LogP contribution >= 0.6 is 24.0 Å². The normalized spacial score (nSPS) is 16.0. The molecule has 1 heterocycles. The summed E-state index contributed by atoms with van der Waals surface area (Å²) in [5.74, 6) is 0.262. The van der Waals surface area contributed by atoms with Gasteiger partial charge in [-0.25, -0.2) is 0 Å². The number of benzene rings is 2. The molecule has 0 bridgehead atoms. The second-order valence-electron chi connectivity index (χ2n) is 5.74. The fraction of sp³-hybridized carbons (Fsp3) is 0.158. The molecule has 4 nitrogen and oxygen atoms in total. The Hall–Kier alpha value is -2.31. The number of carbonyl (C=O) groups is 1. The van der Waals surface area contributed by atoms with Gasteiger partial charge >= 0.3 is 0 Å². The fourth-order valence-corrected chi connectivity index (χ4v) is 3.96. The predicted octanol–water partition coefficient (Wildman–Crippen LogP) is 4.42. The summed E-state index contributed by atoms with van der Waals surface area (Å²) in [6.45, 7) is 3.98. The third-order valence-corrected chi connectivity index (χ3v) is 5.19. The third-order valence-electron chi connectivity index (χ3n) is 3.89. The highest BCUT2D eigenvalue weighted by Gasteiger charge is 2.34. The van der Waals surface area contributed by atoms with Crippen molar-refractivity contribution >= 4 is 46.0 Å². The first kappa shape index (κ1) is 17.5. The van der Waals surface area contributed by atoms with Crippen molar-refractivity contribution in [2.45, 2.75) is 13.8 Å². The van der Waals surface area contributed by atoms with E-state index < -0.39 is 0 Å². The van der Waals surface area contributed by atoms with Gasteiger partial charge in [-0.05, 0) is 49.2 Å². The van der Waals surface area contributed by atoms with Crippen molar-refractivity contribution in [1.82, 2.24) is 0 Å². The number of rotatable bonds is 3. The number of hydrogen-bond acceptors (Lipinski definition) is 5. The van der Waals surface area contributed by atoms with E-state index in [4.69, 9.17) is 17.0 Å². The lowest BCUT2D eigenvalue weighted by molar-refractivity contribution is -0.113. The number of nitrogens with zero attached hydrogens (tertiary/aromatic N) is 1. The van der Waals surface area contributed by atoms with Gasteiger partial charge in [-0.3, -0.25) is 9.69 Å². The Balaban J connectivity index is 1.94. The van der Waals surface area contributed by atoms with Crippen molar-refractivity contribution < 1.29 is 14.6 Å². The van der Waals surface area contributed by atoms with Gasteiger partial charge in [-0.15, -0.1) is 0 Å². The van der Waals surface area contributed by atoms with Crippen LogP contribution in [0.5, 0.6) is 11.5 Å². The smallest absolute Gasteiger partial charge is 0.270 e. The first-order valence-corrected chi connectivity index (χ1v) is 8.85. The molecule has 0 unspecified atom stereocenters. The highest BCUT2D eigenvalue weighted by atomic mass is 32.2. The van der Waals surface area contributed by atoms with Gasteiger partial charge in [0.25, 0.3) is 5.91 Å². The number of methoxy groups -OCH3 is 1. The van der Waals surface area contributed by atoms with Gasteiger partial charge in [0.15, 0.2) is 15.8 Å². The van der Waals surface area contributed by atoms with Crippen LogP contribution in [-0.2, 0) is 4.79 Å². The number of hydrogen-bond donors (Lipinski definition) is 1. The lowest BCUT2D eigenvalue weighted by Crippen LogP contribution is -2.28. The number of aryl methyl sites for hydroxylation is 2. The number of aromatic hydroxyl groups is 1. The topological polar surface area (TPSA) is 49.8 Å². The largest absolute Gasteiger partial charge is 0.504 e. The Morgan fingerprint density at radius 3 is 2.60 bits per heavy atom. The van der Waals surface area contributed by atoms with Crippen LogP contribution in [0, 0.1) is 13.8 Å². The van der Waals surface area contributed by atoms with E-state index in [0.717, 1.165) is 16.8 Å². The molecule has 0 aromatic heterocycles. The van der Waals surface area contributed by atoms with E-state index in [1.54, 1.807) is 29.2 Å². The number of phenols is 1. The summed E-state index contributed by atoms with van der Waals surface area (Å²) in [7, 11) is 1.49. The van der Waals surface area contributed by atoms with Crippen molar-refractivity contribution in [2.75, 3.05) is 12.0 Å². The second-order valence-corrected chi connectivity index (χ2v) is 7.41. The summed E-state index contributed by atoms with van der Waals surface area (Å²) in [6.07, 6.45) is 1.72. The number of ether oxygens (including phenoxy) is 1. The fourth-order valence-electron chi connectivity index (χ4n) is 2.68. The molecule has 1 amide bonds. The lowest BCUT2D eigenvalue weighted by atomic mass is 10.1. The number of thiocarbonyl (C=S) groups is 1. The molecule has 0 atom stereocenters. The Morgan fingerprint density at radius 2 is 1.96 bits per heavy atom. The maximum atomic E-state index is 12.8. The number of phenolic OH excluding ortho intramolecular Hbond substituents is 1. The number of carbonyl (C=O) groups excluding carboxylic acids is 1. The third kappa shape index (κ3) is 3.41. The zero-order valence-corrected chi connectivity index (χ0v) is 15.7. The molecular weight excluding hydrogens is 354 g/mol. The minimum absolute atomic E-state index is 0.0288. The van der Waals surface area contributed by atoms with E-state index in [0.29, 0.717) is 20.5 Å². The zero-order chi connectivity index (χ0) is 18.1. The van der Waals surface area contributed by atoms with Crippen LogP contribution in [0.1, 0.15) is 16.7 Å². The van der Waals surface area contributed by atoms with Crippen molar-refractivity contribution in [3.05, 3.63) is 58.0 Å². The van der Waals surface area contributed by atoms with Gasteiger partial charge in [0.1, 0.15) is 0 Å². The second kappa shape index (κ2) is 6.90. The number of thioether (sulfide) groups is 1. The van der Waals surface area contributed by atoms with Gasteiger partial charge in [0.2, 0.25) is 0 Å². The van der Waals surface area contributed by atoms with Gasteiger partial charge in [-0.2, -0.15) is 0 Å². The molecule has 3 rings (SSSR count). The van der Waals surface area contributed by atoms with Crippen molar-refractivity contribution in [2.24, 2.45) is 0 Å². The van der Waals surface area contributed by atoms with Crippen LogP contribution < -0.4 is 9.64 Å². The molecule has 1 fully saturated rings. The standard InChI is InChI=1S/C19H17NO3S2/c1-11-4-6-14(12(2)8-11)20-18(22)17(25-19(20)24)10-13-5-7-16(23-3)15(21)9-13/h4-10,21H,1-3H3/b17-10+.